The summed E-state index contributed by atoms with van der Waals surface area (Å²) in [5.74, 6) is 0.700. The molecule has 0 bridgehead atoms. The number of hydrazine groups is 2. The highest BCUT2D eigenvalue weighted by Crippen LogP contribution is 2.26. The fraction of sp³-hybridized carbons (Fsp3) is 0.278. The van der Waals surface area contributed by atoms with Gasteiger partial charge >= 0.3 is 0 Å². The molecule has 1 fully saturated rings. The fourth-order valence-corrected chi connectivity index (χ4v) is 2.57. The predicted molar refractivity (Wildman–Crippen MR) is 93.4 cm³/mol. The first-order chi connectivity index (χ1) is 11.6. The van der Waals surface area contributed by atoms with Crippen LogP contribution in [0.2, 0.25) is 0 Å². The normalized spacial score (nSPS) is 18.2. The summed E-state index contributed by atoms with van der Waals surface area (Å²) in [6.45, 7) is 4.51. The van der Waals surface area contributed by atoms with Crippen molar-refractivity contribution in [1.82, 2.24) is 16.4 Å². The molecule has 2 unspecified atom stereocenters. The Hall–Kier alpha value is -2.41. The number of carbonyl (C=O) groups is 1. The maximum absolute atomic E-state index is 12.1. The van der Waals surface area contributed by atoms with Gasteiger partial charge in [-0.2, -0.15) is 5.53 Å². The molecule has 0 aliphatic carbocycles. The Kier molecular flexibility index (Phi) is 5.10. The van der Waals surface area contributed by atoms with E-state index in [1.165, 1.54) is 0 Å². The zero-order valence-electron chi connectivity index (χ0n) is 13.8. The van der Waals surface area contributed by atoms with Crippen molar-refractivity contribution in [3.63, 3.8) is 0 Å². The first-order valence-electron chi connectivity index (χ1n) is 8.00. The predicted octanol–water partition coefficient (Wildman–Crippen LogP) is 2.05. The molecule has 2 aromatic carbocycles. The molecule has 24 heavy (non-hydrogen) atoms. The van der Waals surface area contributed by atoms with Crippen molar-refractivity contribution in [2.24, 2.45) is 0 Å². The molecule has 126 valence electrons. The molecule has 3 rings (SSSR count). The molecule has 1 aliphatic heterocycles. The van der Waals surface area contributed by atoms with Gasteiger partial charge in [0.2, 0.25) is 5.91 Å². The van der Waals surface area contributed by atoms with E-state index in [2.05, 4.69) is 21.7 Å². The third kappa shape index (κ3) is 3.91. The van der Waals surface area contributed by atoms with Gasteiger partial charge in [-0.1, -0.05) is 30.3 Å². The summed E-state index contributed by atoms with van der Waals surface area (Å²) in [5, 5.41) is 2.93. The molecule has 0 spiro atoms. The van der Waals surface area contributed by atoms with Crippen molar-refractivity contribution in [2.45, 2.75) is 26.0 Å². The minimum absolute atomic E-state index is 0.0362. The molecule has 2 atom stereocenters. The van der Waals surface area contributed by atoms with E-state index in [1.807, 2.05) is 62.4 Å². The molecule has 4 N–H and O–H groups in total. The van der Waals surface area contributed by atoms with E-state index in [-0.39, 0.29) is 18.1 Å². The van der Waals surface area contributed by atoms with E-state index in [9.17, 15) is 4.79 Å². The maximum atomic E-state index is 12.1. The van der Waals surface area contributed by atoms with Crippen LogP contribution in [0.5, 0.6) is 5.75 Å². The highest BCUT2D eigenvalue weighted by molar-refractivity contribution is 5.95. The lowest BCUT2D eigenvalue weighted by molar-refractivity contribution is -0.117. The van der Waals surface area contributed by atoms with Crippen LogP contribution in [-0.4, -0.2) is 18.5 Å². The number of amides is 1. The van der Waals surface area contributed by atoms with E-state index >= 15 is 0 Å². The topological polar surface area (TPSA) is 74.4 Å². The number of rotatable bonds is 5. The van der Waals surface area contributed by atoms with Crippen LogP contribution in [0.1, 0.15) is 24.2 Å². The molecule has 6 nitrogen and oxygen atoms in total. The van der Waals surface area contributed by atoms with Gasteiger partial charge in [0.1, 0.15) is 17.9 Å². The molecular weight excluding hydrogens is 304 g/mol. The Balaban J connectivity index is 1.65. The molecule has 6 heteroatoms. The van der Waals surface area contributed by atoms with Crippen LogP contribution in [0, 0.1) is 6.92 Å². The van der Waals surface area contributed by atoms with Crippen molar-refractivity contribution in [3.8, 4) is 5.75 Å². The van der Waals surface area contributed by atoms with E-state index in [0.717, 1.165) is 22.6 Å². The van der Waals surface area contributed by atoms with Gasteiger partial charge in [0.05, 0.1) is 0 Å². The van der Waals surface area contributed by atoms with Gasteiger partial charge in [-0.25, -0.2) is 10.9 Å². The molecule has 0 radical (unpaired) electrons. The molecule has 0 saturated carbocycles. The summed E-state index contributed by atoms with van der Waals surface area (Å²) >= 11 is 0. The number of carbonyl (C=O) groups excluding carboxylic acids is 1. The Morgan fingerprint density at radius 1 is 1.25 bits per heavy atom. The van der Waals surface area contributed by atoms with Gasteiger partial charge < -0.3 is 10.1 Å². The Labute approximate surface area is 141 Å². The van der Waals surface area contributed by atoms with E-state index in [4.69, 9.17) is 4.74 Å². The standard InChI is InChI=1S/C18H22N4O2/c1-12-10-15(24-13(2)14-6-4-3-5-7-14)8-9-16(12)20-18(23)17-11-19-22-21-17/h3-10,13,17,19,21-22H,11H2,1-2H3,(H,20,23). The number of aryl methyl sites for hydroxylation is 1. The highest BCUT2D eigenvalue weighted by Gasteiger charge is 2.22. The van der Waals surface area contributed by atoms with Crippen LogP contribution in [0.15, 0.2) is 48.5 Å². The summed E-state index contributed by atoms with van der Waals surface area (Å²) in [4.78, 5) is 12.1. The number of hydrogen-bond donors (Lipinski definition) is 4. The average Bonchev–Trinajstić information content (AvgIpc) is 3.13. The van der Waals surface area contributed by atoms with Crippen LogP contribution in [0.25, 0.3) is 0 Å². The summed E-state index contributed by atoms with van der Waals surface area (Å²) in [6.07, 6.45) is -0.0362. The second-order valence-corrected chi connectivity index (χ2v) is 5.84. The van der Waals surface area contributed by atoms with Crippen LogP contribution in [0.4, 0.5) is 5.69 Å². The van der Waals surface area contributed by atoms with Crippen LogP contribution in [0.3, 0.4) is 0 Å². The minimum Gasteiger partial charge on any atom is -0.486 e. The van der Waals surface area contributed by atoms with Gasteiger partial charge in [0.25, 0.3) is 0 Å². The second kappa shape index (κ2) is 7.44. The second-order valence-electron chi connectivity index (χ2n) is 5.84. The third-order valence-electron chi connectivity index (χ3n) is 4.00. The van der Waals surface area contributed by atoms with Crippen molar-refractivity contribution in [2.75, 3.05) is 11.9 Å². The molecule has 1 amide bonds. The molecule has 2 aromatic rings. The Bertz CT molecular complexity index is 699. The smallest absolute Gasteiger partial charge is 0.244 e. The van der Waals surface area contributed by atoms with Crippen LogP contribution >= 0.6 is 0 Å². The first kappa shape index (κ1) is 16.4. The monoisotopic (exact) mass is 326 g/mol. The zero-order valence-corrected chi connectivity index (χ0v) is 13.8. The van der Waals surface area contributed by atoms with Crippen molar-refractivity contribution < 1.29 is 9.53 Å². The van der Waals surface area contributed by atoms with E-state index in [0.29, 0.717) is 6.54 Å². The first-order valence-corrected chi connectivity index (χ1v) is 8.00. The average molecular weight is 326 g/mol. The molecule has 0 aromatic heterocycles. The SMILES string of the molecule is Cc1cc(OC(C)c2ccccc2)ccc1NC(=O)C1CNNN1. The molecule has 1 heterocycles. The lowest BCUT2D eigenvalue weighted by Crippen LogP contribution is -2.41. The number of ether oxygens (including phenoxy) is 1. The van der Waals surface area contributed by atoms with Gasteiger partial charge in [-0.3, -0.25) is 4.79 Å². The molecule has 1 saturated heterocycles. The van der Waals surface area contributed by atoms with Crippen LogP contribution in [-0.2, 0) is 4.79 Å². The number of benzene rings is 2. The van der Waals surface area contributed by atoms with E-state index < -0.39 is 0 Å². The van der Waals surface area contributed by atoms with Crippen molar-refractivity contribution >= 4 is 11.6 Å². The fourth-order valence-electron chi connectivity index (χ4n) is 2.57. The lowest BCUT2D eigenvalue weighted by Gasteiger charge is -2.17. The number of anilines is 1. The third-order valence-corrected chi connectivity index (χ3v) is 4.00. The highest BCUT2D eigenvalue weighted by atomic mass is 16.5. The van der Waals surface area contributed by atoms with E-state index in [1.54, 1.807) is 0 Å². The summed E-state index contributed by atoms with van der Waals surface area (Å²) in [6, 6.07) is 15.5. The Morgan fingerprint density at radius 3 is 2.71 bits per heavy atom. The number of hydrogen-bond acceptors (Lipinski definition) is 5. The van der Waals surface area contributed by atoms with Gasteiger partial charge in [-0.15, -0.1) is 0 Å². The largest absolute Gasteiger partial charge is 0.486 e. The summed E-state index contributed by atoms with van der Waals surface area (Å²) in [7, 11) is 0. The maximum Gasteiger partial charge on any atom is 0.244 e. The van der Waals surface area contributed by atoms with Gasteiger partial charge in [0.15, 0.2) is 0 Å². The molecular formula is C18H22N4O2. The van der Waals surface area contributed by atoms with Crippen molar-refractivity contribution in [1.29, 1.82) is 0 Å². The quantitative estimate of drug-likeness (QED) is 0.677. The lowest BCUT2D eigenvalue weighted by atomic mass is 10.1. The van der Waals surface area contributed by atoms with Gasteiger partial charge in [-0.05, 0) is 43.2 Å². The number of nitrogens with one attached hydrogen (secondary N) is 4. The Morgan fingerprint density at radius 2 is 2.04 bits per heavy atom. The summed E-state index contributed by atoms with van der Waals surface area (Å²) in [5.41, 5.74) is 11.3. The summed E-state index contributed by atoms with van der Waals surface area (Å²) < 4.78 is 6.00. The zero-order chi connectivity index (χ0) is 16.9. The molecule has 1 aliphatic rings. The van der Waals surface area contributed by atoms with Gasteiger partial charge in [0, 0.05) is 12.2 Å². The van der Waals surface area contributed by atoms with Crippen LogP contribution < -0.4 is 26.4 Å². The minimum atomic E-state index is -0.293. The van der Waals surface area contributed by atoms with Crippen molar-refractivity contribution in [3.05, 3.63) is 59.7 Å².